The first kappa shape index (κ1) is 23.3. The van der Waals surface area contributed by atoms with Gasteiger partial charge in [-0.05, 0) is 50.3 Å². The van der Waals surface area contributed by atoms with Gasteiger partial charge in [0.1, 0.15) is 21.8 Å². The fourth-order valence-corrected chi connectivity index (χ4v) is 5.71. The van der Waals surface area contributed by atoms with Gasteiger partial charge in [0.15, 0.2) is 0 Å². The molecule has 4 rings (SSSR count). The van der Waals surface area contributed by atoms with E-state index in [2.05, 4.69) is 11.0 Å². The molecule has 0 aliphatic carbocycles. The molecular weight excluding hydrogens is 452 g/mol. The second-order valence-electron chi connectivity index (χ2n) is 8.16. The molecule has 0 N–H and O–H groups in total. The van der Waals surface area contributed by atoms with E-state index < -0.39 is 0 Å². The lowest BCUT2D eigenvalue weighted by Crippen LogP contribution is -2.33. The highest BCUT2D eigenvalue weighted by atomic mass is 32.2. The summed E-state index contributed by atoms with van der Waals surface area (Å²) in [5.41, 5.74) is 2.39. The second kappa shape index (κ2) is 9.94. The Morgan fingerprint density at radius 1 is 1.18 bits per heavy atom. The Morgan fingerprint density at radius 2 is 1.88 bits per heavy atom. The number of rotatable bonds is 6. The average molecular weight is 479 g/mol. The second-order valence-corrected chi connectivity index (χ2v) is 9.84. The molecular formula is C25H26N4O2S2. The highest BCUT2D eigenvalue weighted by Gasteiger charge is 2.33. The van der Waals surface area contributed by atoms with Gasteiger partial charge in [-0.3, -0.25) is 19.1 Å². The summed E-state index contributed by atoms with van der Waals surface area (Å²) in [6, 6.07) is 12.1. The summed E-state index contributed by atoms with van der Waals surface area (Å²) in [4.78, 5) is 30.6. The molecule has 2 fully saturated rings. The Morgan fingerprint density at radius 3 is 2.52 bits per heavy atom. The van der Waals surface area contributed by atoms with Crippen LogP contribution in [0.4, 0.5) is 5.82 Å². The van der Waals surface area contributed by atoms with Crippen molar-refractivity contribution in [3.63, 3.8) is 0 Å². The highest BCUT2D eigenvalue weighted by molar-refractivity contribution is 8.26. The molecule has 0 atom stereocenters. The van der Waals surface area contributed by atoms with E-state index in [4.69, 9.17) is 12.2 Å². The summed E-state index contributed by atoms with van der Waals surface area (Å²) in [5.74, 6) is 0.673. The number of aromatic nitrogens is 1. The Balaban J connectivity index is 1.73. The van der Waals surface area contributed by atoms with Crippen LogP contribution in [0.5, 0.6) is 0 Å². The van der Waals surface area contributed by atoms with Crippen LogP contribution in [0.3, 0.4) is 0 Å². The third-order valence-corrected chi connectivity index (χ3v) is 7.56. The zero-order valence-corrected chi connectivity index (χ0v) is 20.5. The smallest absolute Gasteiger partial charge is 0.270 e. The van der Waals surface area contributed by atoms with Crippen molar-refractivity contribution in [2.45, 2.75) is 39.7 Å². The van der Waals surface area contributed by atoms with Crippen LogP contribution < -0.4 is 10.5 Å². The number of benzene rings is 1. The van der Waals surface area contributed by atoms with Crippen LogP contribution in [0.2, 0.25) is 0 Å². The predicted molar refractivity (Wildman–Crippen MR) is 137 cm³/mol. The van der Waals surface area contributed by atoms with Crippen molar-refractivity contribution in [3.8, 4) is 6.07 Å². The van der Waals surface area contributed by atoms with Crippen LogP contribution >= 0.6 is 24.0 Å². The van der Waals surface area contributed by atoms with Gasteiger partial charge in [0.05, 0.1) is 4.91 Å². The molecule has 2 saturated heterocycles. The largest absolute Gasteiger partial charge is 0.357 e. The number of hydrogen-bond acceptors (Lipinski definition) is 6. The first-order valence-corrected chi connectivity index (χ1v) is 12.4. The zero-order chi connectivity index (χ0) is 23.5. The number of anilines is 1. The third kappa shape index (κ3) is 4.48. The van der Waals surface area contributed by atoms with Crippen molar-refractivity contribution in [3.05, 3.63) is 67.8 Å². The molecule has 6 nitrogen and oxygen atoms in total. The van der Waals surface area contributed by atoms with E-state index in [1.807, 2.05) is 43.3 Å². The van der Waals surface area contributed by atoms with Crippen molar-refractivity contribution in [2.75, 3.05) is 24.5 Å². The Kier molecular flexibility index (Phi) is 7.01. The third-order valence-electron chi connectivity index (χ3n) is 6.18. The maximum absolute atomic E-state index is 13.3. The van der Waals surface area contributed by atoms with Gasteiger partial charge in [0, 0.05) is 31.7 Å². The van der Waals surface area contributed by atoms with E-state index in [-0.39, 0.29) is 17.0 Å². The summed E-state index contributed by atoms with van der Waals surface area (Å²) in [7, 11) is 0. The molecule has 0 spiro atoms. The topological polar surface area (TPSA) is 69.3 Å². The van der Waals surface area contributed by atoms with Crippen LogP contribution in [0, 0.1) is 18.3 Å². The van der Waals surface area contributed by atoms with Gasteiger partial charge in [0.2, 0.25) is 0 Å². The molecule has 8 heteroatoms. The molecule has 1 aromatic heterocycles. The Bertz CT molecular complexity index is 1220. The number of thiocarbonyl (C=S) groups is 1. The van der Waals surface area contributed by atoms with Crippen molar-refractivity contribution >= 4 is 46.1 Å². The van der Waals surface area contributed by atoms with Gasteiger partial charge in [-0.25, -0.2) is 0 Å². The van der Waals surface area contributed by atoms with Crippen LogP contribution in [0.15, 0.2) is 40.0 Å². The van der Waals surface area contributed by atoms with Crippen molar-refractivity contribution in [1.82, 2.24) is 9.47 Å². The summed E-state index contributed by atoms with van der Waals surface area (Å²) in [6.07, 6.45) is 4.66. The number of carbonyl (C=O) groups excluding carboxylic acids is 1. The average Bonchev–Trinajstić information content (AvgIpc) is 3.43. The fourth-order valence-electron chi connectivity index (χ4n) is 4.42. The van der Waals surface area contributed by atoms with Gasteiger partial charge >= 0.3 is 0 Å². The minimum Gasteiger partial charge on any atom is -0.357 e. The molecule has 0 saturated carbocycles. The van der Waals surface area contributed by atoms with E-state index in [1.165, 1.54) is 11.8 Å². The lowest BCUT2D eigenvalue weighted by Gasteiger charge is -2.26. The number of carbonyl (C=O) groups is 1. The van der Waals surface area contributed by atoms with Crippen LogP contribution in [-0.2, 0) is 17.8 Å². The highest BCUT2D eigenvalue weighted by Crippen LogP contribution is 2.36. The Labute approximate surface area is 203 Å². The quantitative estimate of drug-likeness (QED) is 0.460. The van der Waals surface area contributed by atoms with E-state index in [1.54, 1.807) is 16.4 Å². The molecule has 2 aliphatic heterocycles. The van der Waals surface area contributed by atoms with Gasteiger partial charge in [-0.2, -0.15) is 5.26 Å². The van der Waals surface area contributed by atoms with Crippen LogP contribution in [0.25, 0.3) is 6.08 Å². The molecule has 0 bridgehead atoms. The molecule has 3 heterocycles. The van der Waals surface area contributed by atoms with Gasteiger partial charge in [0.25, 0.3) is 11.5 Å². The SMILES string of the molecule is CCn1c(N2CCCC2)c(/C=C2/SC(=S)N(CCc3ccccc3)C2=O)c(C)c(C#N)c1=O. The van der Waals surface area contributed by atoms with Crippen molar-refractivity contribution < 1.29 is 4.79 Å². The van der Waals surface area contributed by atoms with E-state index in [0.717, 1.165) is 49.3 Å². The summed E-state index contributed by atoms with van der Waals surface area (Å²) < 4.78 is 2.20. The Hall–Kier alpha value is -2.89. The van der Waals surface area contributed by atoms with Gasteiger partial charge < -0.3 is 4.90 Å². The summed E-state index contributed by atoms with van der Waals surface area (Å²) >= 11 is 6.81. The molecule has 33 heavy (non-hydrogen) atoms. The standard InChI is InChI=1S/C25H26N4O2S2/c1-3-28-22(27-12-7-8-13-27)19(17(2)20(16-26)23(28)30)15-21-24(31)29(25(32)33-21)14-11-18-9-5-4-6-10-18/h4-6,9-10,15H,3,7-8,11-14H2,1-2H3/b21-15+. The molecule has 1 amide bonds. The zero-order valence-electron chi connectivity index (χ0n) is 18.8. The molecule has 2 aliphatic rings. The maximum atomic E-state index is 13.3. The maximum Gasteiger partial charge on any atom is 0.270 e. The van der Waals surface area contributed by atoms with E-state index in [0.29, 0.717) is 27.9 Å². The van der Waals surface area contributed by atoms with Crippen LogP contribution in [0.1, 0.15) is 42.0 Å². The summed E-state index contributed by atoms with van der Waals surface area (Å²) in [5, 5.41) is 9.68. The number of hydrogen-bond donors (Lipinski definition) is 0. The number of amides is 1. The first-order valence-electron chi connectivity index (χ1n) is 11.2. The summed E-state index contributed by atoms with van der Waals surface area (Å²) in [6.45, 7) is 6.37. The molecule has 0 radical (unpaired) electrons. The van der Waals surface area contributed by atoms with Gasteiger partial charge in [-0.15, -0.1) is 0 Å². The number of nitriles is 1. The van der Waals surface area contributed by atoms with E-state index in [9.17, 15) is 14.9 Å². The number of nitrogens with zero attached hydrogens (tertiary/aromatic N) is 4. The molecule has 2 aromatic rings. The number of pyridine rings is 1. The lowest BCUT2D eigenvalue weighted by molar-refractivity contribution is -0.122. The van der Waals surface area contributed by atoms with E-state index >= 15 is 0 Å². The molecule has 170 valence electrons. The lowest BCUT2D eigenvalue weighted by atomic mass is 10.0. The minimum absolute atomic E-state index is 0.125. The first-order chi connectivity index (χ1) is 16.0. The minimum atomic E-state index is -0.271. The fraction of sp³-hybridized carbons (Fsp3) is 0.360. The monoisotopic (exact) mass is 478 g/mol. The predicted octanol–water partition coefficient (Wildman–Crippen LogP) is 4.09. The molecule has 0 unspecified atom stereocenters. The number of thioether (sulfide) groups is 1. The molecule has 1 aromatic carbocycles. The van der Waals surface area contributed by atoms with Gasteiger partial charge in [-0.1, -0.05) is 54.3 Å². The normalized spacial score (nSPS) is 17.3. The van der Waals surface area contributed by atoms with Crippen molar-refractivity contribution in [1.29, 1.82) is 5.26 Å². The van der Waals surface area contributed by atoms with Crippen LogP contribution in [-0.4, -0.2) is 39.3 Å². The van der Waals surface area contributed by atoms with Crippen molar-refractivity contribution in [2.24, 2.45) is 0 Å².